The Balaban J connectivity index is 1.86. The Kier molecular flexibility index (Phi) is 3.64. The van der Waals surface area contributed by atoms with Crippen molar-refractivity contribution in [2.75, 3.05) is 24.6 Å². The highest BCUT2D eigenvalue weighted by molar-refractivity contribution is 6.30. The molecule has 1 atom stereocenters. The van der Waals surface area contributed by atoms with Crippen molar-refractivity contribution in [1.29, 1.82) is 5.26 Å². The van der Waals surface area contributed by atoms with Crippen LogP contribution in [-0.2, 0) is 4.74 Å². The van der Waals surface area contributed by atoms with Gasteiger partial charge >= 0.3 is 0 Å². The van der Waals surface area contributed by atoms with Gasteiger partial charge in [-0.25, -0.2) is 0 Å². The van der Waals surface area contributed by atoms with Crippen molar-refractivity contribution in [3.63, 3.8) is 0 Å². The summed E-state index contributed by atoms with van der Waals surface area (Å²) in [5.41, 5.74) is 1.47. The molecule has 1 saturated heterocycles. The first-order chi connectivity index (χ1) is 9.78. The van der Waals surface area contributed by atoms with Crippen LogP contribution in [0.1, 0.15) is 17.4 Å². The van der Waals surface area contributed by atoms with Crippen molar-refractivity contribution in [2.45, 2.75) is 6.10 Å². The molecule has 2 aromatic rings. The molecule has 4 nitrogen and oxygen atoms in total. The number of benzene rings is 1. The second kappa shape index (κ2) is 5.58. The zero-order valence-corrected chi connectivity index (χ0v) is 11.5. The Morgan fingerprint density at radius 3 is 3.00 bits per heavy atom. The van der Waals surface area contributed by atoms with Crippen molar-refractivity contribution in [2.24, 2.45) is 0 Å². The summed E-state index contributed by atoms with van der Waals surface area (Å²) in [6, 6.07) is 11.3. The number of morpholine rings is 1. The third kappa shape index (κ3) is 2.51. The van der Waals surface area contributed by atoms with Crippen LogP contribution in [0.2, 0.25) is 5.02 Å². The number of nitriles is 1. The first-order valence-corrected chi connectivity index (χ1v) is 6.75. The Labute approximate surface area is 122 Å². The summed E-state index contributed by atoms with van der Waals surface area (Å²) in [6.07, 6.45) is 1.53. The Morgan fingerprint density at radius 1 is 1.35 bits per heavy atom. The molecule has 0 spiro atoms. The van der Waals surface area contributed by atoms with Crippen LogP contribution in [0.25, 0.3) is 0 Å². The zero-order chi connectivity index (χ0) is 13.9. The van der Waals surface area contributed by atoms with Crippen molar-refractivity contribution in [3.05, 3.63) is 52.9 Å². The van der Waals surface area contributed by atoms with Gasteiger partial charge in [-0.1, -0.05) is 11.6 Å². The van der Waals surface area contributed by atoms with E-state index in [1.807, 2.05) is 18.2 Å². The van der Waals surface area contributed by atoms with Crippen LogP contribution < -0.4 is 4.90 Å². The number of hydrogen-bond donors (Lipinski definition) is 0. The molecule has 0 amide bonds. The van der Waals surface area contributed by atoms with Gasteiger partial charge in [0.05, 0.1) is 30.7 Å². The second-order valence-corrected chi connectivity index (χ2v) is 5.03. The fourth-order valence-corrected chi connectivity index (χ4v) is 2.56. The minimum absolute atomic E-state index is 0.110. The van der Waals surface area contributed by atoms with Crippen LogP contribution in [0.5, 0.6) is 0 Å². The van der Waals surface area contributed by atoms with Gasteiger partial charge in [-0.3, -0.25) is 0 Å². The van der Waals surface area contributed by atoms with Gasteiger partial charge < -0.3 is 14.1 Å². The molecule has 0 N–H and O–H groups in total. The second-order valence-electron chi connectivity index (χ2n) is 4.59. The molecule has 0 bridgehead atoms. The summed E-state index contributed by atoms with van der Waals surface area (Å²) in [4.78, 5) is 2.13. The van der Waals surface area contributed by atoms with Gasteiger partial charge in [0.15, 0.2) is 0 Å². The van der Waals surface area contributed by atoms with Gasteiger partial charge in [-0.05, 0) is 30.3 Å². The first kappa shape index (κ1) is 13.0. The molecule has 1 unspecified atom stereocenters. The highest BCUT2D eigenvalue weighted by Crippen LogP contribution is 2.29. The maximum atomic E-state index is 9.24. The van der Waals surface area contributed by atoms with Gasteiger partial charge in [0.2, 0.25) is 0 Å². The third-order valence-corrected chi connectivity index (χ3v) is 3.58. The molecule has 1 aliphatic rings. The number of hydrogen-bond acceptors (Lipinski definition) is 4. The lowest BCUT2D eigenvalue weighted by molar-refractivity contribution is 0.0257. The summed E-state index contributed by atoms with van der Waals surface area (Å²) < 4.78 is 11.1. The molecule has 1 aromatic carbocycles. The molecule has 0 aliphatic carbocycles. The van der Waals surface area contributed by atoms with Crippen LogP contribution in [0.3, 0.4) is 0 Å². The van der Waals surface area contributed by atoms with Crippen LogP contribution >= 0.6 is 11.6 Å². The molecule has 5 heteroatoms. The Bertz CT molecular complexity index is 634. The van der Waals surface area contributed by atoms with E-state index in [-0.39, 0.29) is 6.10 Å². The largest absolute Gasteiger partial charge is 0.467 e. The van der Waals surface area contributed by atoms with E-state index >= 15 is 0 Å². The number of furan rings is 1. The smallest absolute Gasteiger partial charge is 0.134 e. The first-order valence-electron chi connectivity index (χ1n) is 6.37. The Hall–Kier alpha value is -1.96. The minimum atomic E-state index is -0.110. The highest BCUT2D eigenvalue weighted by Gasteiger charge is 2.25. The SMILES string of the molecule is N#Cc1cc(Cl)ccc1N1CCOC(c2ccco2)C1. The number of anilines is 1. The quantitative estimate of drug-likeness (QED) is 0.850. The van der Waals surface area contributed by atoms with Crippen LogP contribution in [0.15, 0.2) is 41.0 Å². The van der Waals surface area contributed by atoms with E-state index in [4.69, 9.17) is 20.8 Å². The van der Waals surface area contributed by atoms with Gasteiger partial charge in [0.25, 0.3) is 0 Å². The number of nitrogens with zero attached hydrogens (tertiary/aromatic N) is 2. The van der Waals surface area contributed by atoms with Gasteiger partial charge in [0, 0.05) is 11.6 Å². The highest BCUT2D eigenvalue weighted by atomic mass is 35.5. The molecular formula is C15H13ClN2O2. The van der Waals surface area contributed by atoms with E-state index in [2.05, 4.69) is 11.0 Å². The van der Waals surface area contributed by atoms with Crippen LogP contribution in [-0.4, -0.2) is 19.7 Å². The van der Waals surface area contributed by atoms with Crippen LogP contribution in [0, 0.1) is 11.3 Å². The normalized spacial score (nSPS) is 18.8. The van der Waals surface area contributed by atoms with Crippen molar-refractivity contribution < 1.29 is 9.15 Å². The molecule has 2 heterocycles. The van der Waals surface area contributed by atoms with E-state index in [1.165, 1.54) is 0 Å². The molecule has 1 aromatic heterocycles. The van der Waals surface area contributed by atoms with E-state index in [1.54, 1.807) is 18.4 Å². The molecular weight excluding hydrogens is 276 g/mol. The van der Waals surface area contributed by atoms with Gasteiger partial charge in [-0.15, -0.1) is 0 Å². The molecule has 1 aliphatic heterocycles. The maximum absolute atomic E-state index is 9.24. The van der Waals surface area contributed by atoms with E-state index in [0.29, 0.717) is 23.7 Å². The molecule has 102 valence electrons. The molecule has 3 rings (SSSR count). The predicted molar refractivity (Wildman–Crippen MR) is 75.8 cm³/mol. The number of rotatable bonds is 2. The molecule has 1 fully saturated rings. The Morgan fingerprint density at radius 2 is 2.25 bits per heavy atom. The summed E-state index contributed by atoms with van der Waals surface area (Å²) in [5, 5.41) is 9.81. The zero-order valence-electron chi connectivity index (χ0n) is 10.8. The third-order valence-electron chi connectivity index (χ3n) is 3.35. The summed E-state index contributed by atoms with van der Waals surface area (Å²) in [5.74, 6) is 0.808. The fraction of sp³-hybridized carbons (Fsp3) is 0.267. The average Bonchev–Trinajstić information content (AvgIpc) is 3.01. The number of ether oxygens (including phenoxy) is 1. The summed E-state index contributed by atoms with van der Waals surface area (Å²) in [6.45, 7) is 2.00. The lowest BCUT2D eigenvalue weighted by Crippen LogP contribution is -2.38. The lowest BCUT2D eigenvalue weighted by Gasteiger charge is -2.34. The molecule has 0 saturated carbocycles. The topological polar surface area (TPSA) is 49.4 Å². The van der Waals surface area contributed by atoms with Gasteiger partial charge in [-0.2, -0.15) is 5.26 Å². The van der Waals surface area contributed by atoms with Gasteiger partial charge in [0.1, 0.15) is 17.9 Å². The van der Waals surface area contributed by atoms with Crippen molar-refractivity contribution >= 4 is 17.3 Å². The lowest BCUT2D eigenvalue weighted by atomic mass is 10.1. The monoisotopic (exact) mass is 288 g/mol. The molecule has 20 heavy (non-hydrogen) atoms. The average molecular weight is 289 g/mol. The molecule has 0 radical (unpaired) electrons. The van der Waals surface area contributed by atoms with E-state index in [9.17, 15) is 5.26 Å². The minimum Gasteiger partial charge on any atom is -0.467 e. The van der Waals surface area contributed by atoms with Crippen molar-refractivity contribution in [3.8, 4) is 6.07 Å². The van der Waals surface area contributed by atoms with E-state index in [0.717, 1.165) is 18.0 Å². The maximum Gasteiger partial charge on any atom is 0.134 e. The summed E-state index contributed by atoms with van der Waals surface area (Å²) >= 11 is 5.94. The van der Waals surface area contributed by atoms with E-state index < -0.39 is 0 Å². The fourth-order valence-electron chi connectivity index (χ4n) is 2.39. The van der Waals surface area contributed by atoms with Crippen molar-refractivity contribution in [1.82, 2.24) is 0 Å². The van der Waals surface area contributed by atoms with Crippen LogP contribution in [0.4, 0.5) is 5.69 Å². The summed E-state index contributed by atoms with van der Waals surface area (Å²) in [7, 11) is 0. The predicted octanol–water partition coefficient (Wildman–Crippen LogP) is 3.38. The standard InChI is InChI=1S/C15H13ClN2O2/c16-12-3-4-13(11(8-12)9-17)18-5-7-20-15(10-18)14-2-1-6-19-14/h1-4,6,8,15H,5,7,10H2. The number of halogens is 1.